The van der Waals surface area contributed by atoms with Crippen molar-refractivity contribution in [1.82, 2.24) is 4.98 Å². The van der Waals surface area contributed by atoms with E-state index in [-0.39, 0.29) is 23.1 Å². The van der Waals surface area contributed by atoms with Crippen molar-refractivity contribution >= 4 is 40.2 Å². The van der Waals surface area contributed by atoms with Crippen LogP contribution in [0.25, 0.3) is 0 Å². The highest BCUT2D eigenvalue weighted by atomic mass is 32.1. The number of carbonyl (C=O) groups excluding carboxylic acids is 3. The lowest BCUT2D eigenvalue weighted by molar-refractivity contribution is -0.141. The normalized spacial score (nSPS) is 11.6. The van der Waals surface area contributed by atoms with Gasteiger partial charge in [-0.3, -0.25) is 5.32 Å². The van der Waals surface area contributed by atoms with Crippen molar-refractivity contribution < 1.29 is 28.7 Å². The third-order valence-electron chi connectivity index (χ3n) is 2.09. The first-order chi connectivity index (χ1) is 11.1. The van der Waals surface area contributed by atoms with Gasteiger partial charge in [-0.2, -0.15) is 0 Å². The predicted octanol–water partition coefficient (Wildman–Crippen LogP) is 2.32. The molecule has 1 aromatic rings. The molecular weight excluding hydrogens is 338 g/mol. The maximum atomic E-state index is 11.9. The van der Waals surface area contributed by atoms with E-state index >= 15 is 0 Å². The number of carbonyl (C=O) groups is 3. The van der Waals surface area contributed by atoms with E-state index in [1.807, 2.05) is 0 Å². The molecule has 0 aliphatic carbocycles. The molecule has 0 bridgehead atoms. The maximum absolute atomic E-state index is 11.9. The van der Waals surface area contributed by atoms with Gasteiger partial charge in [-0.1, -0.05) is 5.16 Å². The van der Waals surface area contributed by atoms with Crippen LogP contribution < -0.4 is 5.32 Å². The highest BCUT2D eigenvalue weighted by Crippen LogP contribution is 2.18. The lowest BCUT2D eigenvalue weighted by atomic mass is 10.2. The van der Waals surface area contributed by atoms with Gasteiger partial charge in [-0.05, 0) is 27.7 Å². The Labute approximate surface area is 143 Å². The monoisotopic (exact) mass is 357 g/mol. The number of hydrogen-bond donors (Lipinski definition) is 1. The molecule has 0 aromatic carbocycles. The first-order valence-corrected chi connectivity index (χ1v) is 7.89. The number of esters is 1. The van der Waals surface area contributed by atoms with E-state index < -0.39 is 23.6 Å². The standard InChI is InChI=1S/C14H19N3O6S/c1-6-21-11(19)10(17-23-8(2)18)9-7-24-12(15-9)16-13(20)22-14(3,4)5/h7H,6H2,1-5H3,(H,15,16,20)/b17-10-. The van der Waals surface area contributed by atoms with Gasteiger partial charge in [0.05, 0.1) is 6.61 Å². The van der Waals surface area contributed by atoms with E-state index in [1.54, 1.807) is 27.7 Å². The zero-order valence-electron chi connectivity index (χ0n) is 14.0. The fraction of sp³-hybridized carbons (Fsp3) is 0.500. The Morgan fingerprint density at radius 2 is 2.00 bits per heavy atom. The summed E-state index contributed by atoms with van der Waals surface area (Å²) >= 11 is 1.05. The Bertz CT molecular complexity index is 647. The lowest BCUT2D eigenvalue weighted by Gasteiger charge is -2.18. The molecule has 0 radical (unpaired) electrons. The van der Waals surface area contributed by atoms with Crippen LogP contribution in [0, 0.1) is 0 Å². The summed E-state index contributed by atoms with van der Waals surface area (Å²) in [5.74, 6) is -1.49. The van der Waals surface area contributed by atoms with Crippen molar-refractivity contribution in [3.8, 4) is 0 Å². The summed E-state index contributed by atoms with van der Waals surface area (Å²) in [6.07, 6.45) is -0.682. The molecule has 24 heavy (non-hydrogen) atoms. The largest absolute Gasteiger partial charge is 0.461 e. The Morgan fingerprint density at radius 3 is 2.54 bits per heavy atom. The van der Waals surface area contributed by atoms with Crippen molar-refractivity contribution in [1.29, 1.82) is 0 Å². The van der Waals surface area contributed by atoms with Gasteiger partial charge in [0.25, 0.3) is 0 Å². The number of nitrogens with one attached hydrogen (secondary N) is 1. The van der Waals surface area contributed by atoms with Gasteiger partial charge >= 0.3 is 18.0 Å². The maximum Gasteiger partial charge on any atom is 0.413 e. The number of ether oxygens (including phenoxy) is 2. The molecule has 9 nitrogen and oxygen atoms in total. The van der Waals surface area contributed by atoms with Crippen LogP contribution in [0.1, 0.15) is 40.3 Å². The molecule has 10 heteroatoms. The van der Waals surface area contributed by atoms with Crippen LogP contribution in [-0.4, -0.2) is 40.9 Å². The zero-order chi connectivity index (χ0) is 18.3. The smallest absolute Gasteiger partial charge is 0.413 e. The van der Waals surface area contributed by atoms with Crippen LogP contribution in [-0.2, 0) is 23.9 Å². The Morgan fingerprint density at radius 1 is 1.33 bits per heavy atom. The van der Waals surface area contributed by atoms with Crippen LogP contribution in [0.2, 0.25) is 0 Å². The third-order valence-corrected chi connectivity index (χ3v) is 2.85. The second kappa shape index (κ2) is 8.39. The number of amides is 1. The fourth-order valence-electron chi connectivity index (χ4n) is 1.33. The summed E-state index contributed by atoms with van der Waals surface area (Å²) in [4.78, 5) is 43.0. The Balaban J connectivity index is 2.92. The van der Waals surface area contributed by atoms with Crippen LogP contribution in [0.3, 0.4) is 0 Å². The summed E-state index contributed by atoms with van der Waals surface area (Å²) in [5, 5.41) is 7.56. The summed E-state index contributed by atoms with van der Waals surface area (Å²) in [6.45, 7) is 8.06. The Hall–Kier alpha value is -2.49. The minimum atomic E-state index is -0.798. The minimum Gasteiger partial charge on any atom is -0.461 e. The van der Waals surface area contributed by atoms with Gasteiger partial charge in [0, 0.05) is 12.3 Å². The SMILES string of the molecule is CCOC(=O)/C(=N\OC(C)=O)c1csc(NC(=O)OC(C)(C)C)n1. The number of thiazole rings is 1. The van der Waals surface area contributed by atoms with E-state index in [0.717, 1.165) is 18.3 Å². The number of rotatable bonds is 5. The van der Waals surface area contributed by atoms with Crippen LogP contribution >= 0.6 is 11.3 Å². The number of aromatic nitrogens is 1. The molecule has 0 aliphatic heterocycles. The molecule has 1 amide bonds. The second-order valence-electron chi connectivity index (χ2n) is 5.41. The van der Waals surface area contributed by atoms with Gasteiger partial charge in [0.1, 0.15) is 11.3 Å². The quantitative estimate of drug-likeness (QED) is 0.372. The van der Waals surface area contributed by atoms with Gasteiger partial charge in [0.15, 0.2) is 5.13 Å². The predicted molar refractivity (Wildman–Crippen MR) is 86.9 cm³/mol. The molecule has 1 rings (SSSR count). The number of oxime groups is 1. The first-order valence-electron chi connectivity index (χ1n) is 7.01. The minimum absolute atomic E-state index is 0.103. The van der Waals surface area contributed by atoms with Gasteiger partial charge in [-0.15, -0.1) is 11.3 Å². The van der Waals surface area contributed by atoms with Gasteiger partial charge < -0.3 is 14.3 Å². The Kier molecular flexibility index (Phi) is 6.83. The van der Waals surface area contributed by atoms with Crippen LogP contribution in [0.15, 0.2) is 10.5 Å². The molecule has 0 spiro atoms. The molecule has 132 valence electrons. The van der Waals surface area contributed by atoms with Crippen molar-refractivity contribution in [2.45, 2.75) is 40.2 Å². The molecule has 0 saturated carbocycles. The number of hydrogen-bond acceptors (Lipinski definition) is 9. The molecular formula is C14H19N3O6S. The van der Waals surface area contributed by atoms with Crippen molar-refractivity contribution in [3.05, 3.63) is 11.1 Å². The van der Waals surface area contributed by atoms with Crippen LogP contribution in [0.4, 0.5) is 9.93 Å². The zero-order valence-corrected chi connectivity index (χ0v) is 14.9. The van der Waals surface area contributed by atoms with E-state index in [1.165, 1.54) is 5.38 Å². The molecule has 1 aromatic heterocycles. The van der Waals surface area contributed by atoms with Crippen LogP contribution in [0.5, 0.6) is 0 Å². The summed E-state index contributed by atoms with van der Waals surface area (Å²) in [6, 6.07) is 0. The highest BCUT2D eigenvalue weighted by molar-refractivity contribution is 7.14. The molecule has 0 aliphatic rings. The number of anilines is 1. The summed E-state index contributed by atoms with van der Waals surface area (Å²) < 4.78 is 9.94. The van der Waals surface area contributed by atoms with Crippen molar-refractivity contribution in [3.63, 3.8) is 0 Å². The van der Waals surface area contributed by atoms with Crippen molar-refractivity contribution in [2.75, 3.05) is 11.9 Å². The third kappa shape index (κ3) is 6.73. The summed E-state index contributed by atoms with van der Waals surface area (Å²) in [5.41, 5.74) is -0.830. The average molecular weight is 357 g/mol. The van der Waals surface area contributed by atoms with E-state index in [0.29, 0.717) is 0 Å². The van der Waals surface area contributed by atoms with Crippen molar-refractivity contribution in [2.24, 2.45) is 5.16 Å². The average Bonchev–Trinajstić information content (AvgIpc) is 2.84. The van der Waals surface area contributed by atoms with Gasteiger partial charge in [-0.25, -0.2) is 19.4 Å². The first kappa shape index (κ1) is 19.6. The molecule has 0 unspecified atom stereocenters. The fourth-order valence-corrected chi connectivity index (χ4v) is 2.01. The topological polar surface area (TPSA) is 116 Å². The molecule has 1 N–H and O–H groups in total. The number of nitrogens with zero attached hydrogens (tertiary/aromatic N) is 2. The molecule has 0 saturated heterocycles. The van der Waals surface area contributed by atoms with E-state index in [4.69, 9.17) is 9.47 Å². The lowest BCUT2D eigenvalue weighted by Crippen LogP contribution is -2.27. The van der Waals surface area contributed by atoms with Gasteiger partial charge in [0.2, 0.25) is 5.71 Å². The molecule has 0 fully saturated rings. The molecule has 1 heterocycles. The molecule has 0 atom stereocenters. The van der Waals surface area contributed by atoms with E-state index in [9.17, 15) is 14.4 Å². The highest BCUT2D eigenvalue weighted by Gasteiger charge is 2.22. The second-order valence-corrected chi connectivity index (χ2v) is 6.27. The van der Waals surface area contributed by atoms with E-state index in [2.05, 4.69) is 20.3 Å². The summed E-state index contributed by atoms with van der Waals surface area (Å²) in [7, 11) is 0.